The molecule has 0 amide bonds. The zero-order chi connectivity index (χ0) is 22.7. The number of nitrogens with one attached hydrogen (secondary N) is 2. The third-order valence-corrected chi connectivity index (χ3v) is 4.05. The average molecular weight is 439 g/mol. The van der Waals surface area contributed by atoms with Crippen molar-refractivity contribution < 1.29 is 27.4 Å². The maximum atomic E-state index is 12.2. The lowest BCUT2D eigenvalue weighted by Crippen LogP contribution is -2.30. The van der Waals surface area contributed by atoms with Crippen LogP contribution in [0.4, 0.5) is 18.9 Å². The predicted molar refractivity (Wildman–Crippen MR) is 115 cm³/mol. The van der Waals surface area contributed by atoms with Gasteiger partial charge in [0.15, 0.2) is 17.5 Å². The highest BCUT2D eigenvalue weighted by molar-refractivity contribution is 5.93. The van der Waals surface area contributed by atoms with E-state index in [-0.39, 0.29) is 6.61 Å². The largest absolute Gasteiger partial charge is 0.493 e. The van der Waals surface area contributed by atoms with Crippen molar-refractivity contribution in [3.63, 3.8) is 0 Å². The molecule has 2 N–H and O–H groups in total. The van der Waals surface area contributed by atoms with Crippen molar-refractivity contribution in [3.8, 4) is 11.5 Å². The van der Waals surface area contributed by atoms with Gasteiger partial charge in [-0.25, -0.2) is 4.99 Å². The molecule has 170 valence electrons. The van der Waals surface area contributed by atoms with Gasteiger partial charge < -0.3 is 24.8 Å². The molecule has 2 rings (SSSR count). The zero-order valence-corrected chi connectivity index (χ0v) is 17.9. The van der Waals surface area contributed by atoms with Crippen molar-refractivity contribution in [1.82, 2.24) is 5.32 Å². The first-order chi connectivity index (χ1) is 14.8. The fourth-order valence-corrected chi connectivity index (χ4v) is 2.66. The lowest BCUT2D eigenvalue weighted by Gasteiger charge is -2.14. The second-order valence-electron chi connectivity index (χ2n) is 6.54. The number of rotatable bonds is 10. The van der Waals surface area contributed by atoms with Crippen molar-refractivity contribution in [3.05, 3.63) is 53.6 Å². The van der Waals surface area contributed by atoms with Crippen LogP contribution in [0, 0.1) is 0 Å². The zero-order valence-electron chi connectivity index (χ0n) is 17.9. The Kier molecular flexibility index (Phi) is 9.45. The summed E-state index contributed by atoms with van der Waals surface area (Å²) in [6.45, 7) is 4.11. The first-order valence-electron chi connectivity index (χ1n) is 9.93. The Morgan fingerprint density at radius 3 is 2.32 bits per heavy atom. The Hall–Kier alpha value is -2.94. The van der Waals surface area contributed by atoms with E-state index in [2.05, 4.69) is 20.4 Å². The van der Waals surface area contributed by atoms with Crippen molar-refractivity contribution in [2.24, 2.45) is 4.99 Å². The minimum Gasteiger partial charge on any atom is -0.493 e. The molecule has 0 aliphatic carbocycles. The fraction of sp³-hybridized carbons (Fsp3) is 0.409. The molecule has 31 heavy (non-hydrogen) atoms. The number of anilines is 1. The minimum absolute atomic E-state index is 0.0904. The van der Waals surface area contributed by atoms with Crippen LogP contribution in [-0.4, -0.2) is 39.0 Å². The lowest BCUT2D eigenvalue weighted by molar-refractivity contribution is -0.176. The minimum atomic E-state index is -4.32. The summed E-state index contributed by atoms with van der Waals surface area (Å²) in [5, 5.41) is 6.41. The smallest absolute Gasteiger partial charge is 0.411 e. The number of methoxy groups -OCH3 is 1. The Morgan fingerprint density at radius 1 is 1.00 bits per heavy atom. The van der Waals surface area contributed by atoms with E-state index in [9.17, 15) is 13.2 Å². The molecule has 0 unspecified atom stereocenters. The van der Waals surface area contributed by atoms with Crippen LogP contribution in [0.25, 0.3) is 0 Å². The molecule has 0 aliphatic heterocycles. The van der Waals surface area contributed by atoms with Crippen LogP contribution in [0.3, 0.4) is 0 Å². The Morgan fingerprint density at radius 2 is 1.71 bits per heavy atom. The molecular formula is C22H28F3N3O3. The normalized spacial score (nSPS) is 11.9. The number of hydrogen-bond donors (Lipinski definition) is 2. The third-order valence-electron chi connectivity index (χ3n) is 4.05. The number of halogens is 3. The number of ether oxygens (including phenoxy) is 3. The summed E-state index contributed by atoms with van der Waals surface area (Å²) >= 11 is 0. The van der Waals surface area contributed by atoms with Crippen LogP contribution in [-0.2, 0) is 17.9 Å². The number of hydrogen-bond acceptors (Lipinski definition) is 4. The van der Waals surface area contributed by atoms with E-state index in [1.807, 2.05) is 44.2 Å². The van der Waals surface area contributed by atoms with Gasteiger partial charge in [0, 0.05) is 18.3 Å². The molecule has 2 aromatic carbocycles. The highest BCUT2D eigenvalue weighted by Gasteiger charge is 2.27. The van der Waals surface area contributed by atoms with E-state index in [1.54, 1.807) is 19.2 Å². The van der Waals surface area contributed by atoms with E-state index in [0.29, 0.717) is 42.7 Å². The molecule has 0 spiro atoms. The molecule has 0 saturated heterocycles. The molecule has 0 fully saturated rings. The lowest BCUT2D eigenvalue weighted by atomic mass is 10.1. The van der Waals surface area contributed by atoms with Gasteiger partial charge in [0.1, 0.15) is 6.61 Å². The Balaban J connectivity index is 2.00. The number of guanidine groups is 1. The van der Waals surface area contributed by atoms with Crippen LogP contribution >= 0.6 is 0 Å². The third kappa shape index (κ3) is 8.75. The molecule has 0 radical (unpaired) electrons. The maximum Gasteiger partial charge on any atom is 0.411 e. The van der Waals surface area contributed by atoms with Gasteiger partial charge in [0.2, 0.25) is 0 Å². The Bertz CT molecular complexity index is 840. The molecule has 0 heterocycles. The Labute approximate surface area is 180 Å². The first-order valence-corrected chi connectivity index (χ1v) is 9.93. The van der Waals surface area contributed by atoms with Crippen LogP contribution in [0.5, 0.6) is 11.5 Å². The summed E-state index contributed by atoms with van der Waals surface area (Å²) in [4.78, 5) is 4.56. The van der Waals surface area contributed by atoms with E-state index in [4.69, 9.17) is 9.47 Å². The van der Waals surface area contributed by atoms with E-state index in [0.717, 1.165) is 11.3 Å². The highest BCUT2D eigenvalue weighted by Crippen LogP contribution is 2.30. The van der Waals surface area contributed by atoms with E-state index < -0.39 is 12.8 Å². The molecule has 9 heteroatoms. The van der Waals surface area contributed by atoms with Crippen molar-refractivity contribution in [1.29, 1.82) is 0 Å². The van der Waals surface area contributed by atoms with Gasteiger partial charge in [-0.1, -0.05) is 24.3 Å². The van der Waals surface area contributed by atoms with Gasteiger partial charge >= 0.3 is 6.18 Å². The number of nitrogens with zero attached hydrogens (tertiary/aromatic N) is 1. The van der Waals surface area contributed by atoms with Gasteiger partial charge in [0.25, 0.3) is 0 Å². The van der Waals surface area contributed by atoms with Gasteiger partial charge in [-0.15, -0.1) is 0 Å². The SMILES string of the molecule is CCNC(=NCc1ccc(COCC(F)(F)F)cc1)Nc1ccc(OC)c(OCC)c1. The summed E-state index contributed by atoms with van der Waals surface area (Å²) in [5.74, 6) is 1.87. The molecular weight excluding hydrogens is 411 g/mol. The molecule has 0 bridgehead atoms. The molecule has 0 aromatic heterocycles. The monoisotopic (exact) mass is 439 g/mol. The van der Waals surface area contributed by atoms with Crippen LogP contribution < -0.4 is 20.1 Å². The van der Waals surface area contributed by atoms with Crippen LogP contribution in [0.2, 0.25) is 0 Å². The predicted octanol–water partition coefficient (Wildman–Crippen LogP) is 4.75. The van der Waals surface area contributed by atoms with Crippen molar-refractivity contribution in [2.45, 2.75) is 33.2 Å². The van der Waals surface area contributed by atoms with E-state index in [1.165, 1.54) is 0 Å². The van der Waals surface area contributed by atoms with Crippen molar-refractivity contribution >= 4 is 11.6 Å². The van der Waals surface area contributed by atoms with Gasteiger partial charge in [-0.05, 0) is 37.1 Å². The number of benzene rings is 2. The summed E-state index contributed by atoms with van der Waals surface area (Å²) in [7, 11) is 1.59. The summed E-state index contributed by atoms with van der Waals surface area (Å²) in [6.07, 6.45) is -4.32. The molecule has 6 nitrogen and oxygen atoms in total. The summed E-state index contributed by atoms with van der Waals surface area (Å²) < 4.78 is 52.0. The van der Waals surface area contributed by atoms with Gasteiger partial charge in [-0.2, -0.15) is 13.2 Å². The fourth-order valence-electron chi connectivity index (χ4n) is 2.66. The van der Waals surface area contributed by atoms with Crippen LogP contribution in [0.1, 0.15) is 25.0 Å². The van der Waals surface area contributed by atoms with E-state index >= 15 is 0 Å². The standard InChI is InChI=1S/C22H28F3N3O3/c1-4-26-21(28-18-10-11-19(29-3)20(12-18)31-5-2)27-13-16-6-8-17(9-7-16)14-30-15-22(23,24)25/h6-12H,4-5,13-15H2,1-3H3,(H2,26,27,28). The summed E-state index contributed by atoms with van der Waals surface area (Å²) in [5.41, 5.74) is 2.38. The molecule has 0 saturated carbocycles. The summed E-state index contributed by atoms with van der Waals surface area (Å²) in [6, 6.07) is 12.6. The number of aliphatic imine (C=N–C) groups is 1. The number of alkyl halides is 3. The van der Waals surface area contributed by atoms with Crippen LogP contribution in [0.15, 0.2) is 47.5 Å². The molecule has 0 atom stereocenters. The molecule has 0 aliphatic rings. The van der Waals surface area contributed by atoms with Gasteiger partial charge in [0.05, 0.1) is 26.9 Å². The maximum absolute atomic E-state index is 12.2. The van der Waals surface area contributed by atoms with Crippen molar-refractivity contribution in [2.75, 3.05) is 32.2 Å². The first kappa shape index (κ1) is 24.3. The molecule has 2 aromatic rings. The highest BCUT2D eigenvalue weighted by atomic mass is 19.4. The topological polar surface area (TPSA) is 64.1 Å². The van der Waals surface area contributed by atoms with Gasteiger partial charge in [-0.3, -0.25) is 0 Å². The average Bonchev–Trinajstić information content (AvgIpc) is 2.73. The second-order valence-corrected chi connectivity index (χ2v) is 6.54. The quantitative estimate of drug-likeness (QED) is 0.413. The second kappa shape index (κ2) is 12.0.